The molecule has 1 saturated heterocycles. The number of methoxy groups -OCH3 is 1. The molecule has 0 aliphatic carbocycles. The highest BCUT2D eigenvalue weighted by Crippen LogP contribution is 2.41. The molecular formula is C25H36N2O6. The summed E-state index contributed by atoms with van der Waals surface area (Å²) in [7, 11) is 1.63. The van der Waals surface area contributed by atoms with Gasteiger partial charge in [-0.2, -0.15) is 0 Å². The first-order valence-corrected chi connectivity index (χ1v) is 11.7. The molecular weight excluding hydrogens is 424 g/mol. The van der Waals surface area contributed by atoms with Crippen molar-refractivity contribution in [2.75, 3.05) is 51.8 Å². The normalized spacial score (nSPS) is 17.5. The predicted molar refractivity (Wildman–Crippen MR) is 126 cm³/mol. The van der Waals surface area contributed by atoms with E-state index in [2.05, 4.69) is 16.3 Å². The maximum atomic E-state index is 12.4. The van der Waals surface area contributed by atoms with E-state index in [0.717, 1.165) is 53.3 Å². The van der Waals surface area contributed by atoms with Gasteiger partial charge in [-0.15, -0.1) is 0 Å². The van der Waals surface area contributed by atoms with Crippen molar-refractivity contribution in [3.8, 4) is 5.75 Å². The van der Waals surface area contributed by atoms with Crippen LogP contribution in [0.1, 0.15) is 53.7 Å². The van der Waals surface area contributed by atoms with E-state index < -0.39 is 11.9 Å². The summed E-state index contributed by atoms with van der Waals surface area (Å²) in [5.41, 5.74) is 5.03. The van der Waals surface area contributed by atoms with Crippen molar-refractivity contribution in [3.63, 3.8) is 0 Å². The minimum absolute atomic E-state index is 0.257. The van der Waals surface area contributed by atoms with Gasteiger partial charge in [0.25, 0.3) is 0 Å². The molecule has 33 heavy (non-hydrogen) atoms. The summed E-state index contributed by atoms with van der Waals surface area (Å²) >= 11 is 0. The standard InChI is InChI=1S/C25H36N2O6/c1-5-26-22-19(23(31-4)17(3)20-15-33-25(30)21(20)22)7-6-16(2)14-18(24(28)29)8-9-27-10-12-32-13-11-27/h6,18,26H,5,7-15H2,1-4H3,(H,28,29)/b16-6+. The van der Waals surface area contributed by atoms with Crippen molar-refractivity contribution in [1.29, 1.82) is 0 Å². The number of benzene rings is 1. The number of nitrogens with zero attached hydrogens (tertiary/aromatic N) is 1. The average molecular weight is 461 g/mol. The van der Waals surface area contributed by atoms with Gasteiger partial charge < -0.3 is 24.6 Å². The molecule has 0 amide bonds. The van der Waals surface area contributed by atoms with Gasteiger partial charge in [-0.25, -0.2) is 4.79 Å². The van der Waals surface area contributed by atoms with E-state index in [9.17, 15) is 14.7 Å². The molecule has 8 nitrogen and oxygen atoms in total. The number of aliphatic carboxylic acids is 1. The lowest BCUT2D eigenvalue weighted by Gasteiger charge is -2.27. The van der Waals surface area contributed by atoms with Crippen molar-refractivity contribution >= 4 is 17.6 Å². The number of anilines is 1. The van der Waals surface area contributed by atoms with Crippen LogP contribution in [-0.4, -0.2) is 68.4 Å². The first-order valence-electron chi connectivity index (χ1n) is 11.7. The molecule has 1 aromatic carbocycles. The monoisotopic (exact) mass is 460 g/mol. The van der Waals surface area contributed by atoms with Gasteiger partial charge in [-0.1, -0.05) is 11.6 Å². The summed E-state index contributed by atoms with van der Waals surface area (Å²) in [6.07, 6.45) is 3.69. The molecule has 1 fully saturated rings. The van der Waals surface area contributed by atoms with Crippen LogP contribution >= 0.6 is 0 Å². The third kappa shape index (κ3) is 5.86. The smallest absolute Gasteiger partial charge is 0.341 e. The summed E-state index contributed by atoms with van der Waals surface area (Å²) in [6, 6.07) is 0. The summed E-state index contributed by atoms with van der Waals surface area (Å²) in [5.74, 6) is -0.772. The van der Waals surface area contributed by atoms with E-state index in [-0.39, 0.29) is 12.6 Å². The first kappa shape index (κ1) is 25.1. The van der Waals surface area contributed by atoms with Crippen molar-refractivity contribution in [2.45, 2.75) is 46.6 Å². The van der Waals surface area contributed by atoms with Crippen molar-refractivity contribution in [1.82, 2.24) is 4.90 Å². The Balaban J connectivity index is 1.78. The second kappa shape index (κ2) is 11.5. The van der Waals surface area contributed by atoms with Crippen LogP contribution in [0, 0.1) is 12.8 Å². The SMILES string of the molecule is CCNc1c(C/C=C(\C)CC(CCN2CCOCC2)C(=O)O)c(OC)c(C)c2c1C(=O)OC2. The molecule has 1 aromatic rings. The number of fused-ring (bicyclic) bond motifs is 1. The highest BCUT2D eigenvalue weighted by Gasteiger charge is 2.31. The molecule has 0 spiro atoms. The average Bonchev–Trinajstić information content (AvgIpc) is 3.19. The molecule has 0 saturated carbocycles. The van der Waals surface area contributed by atoms with Gasteiger partial charge in [-0.05, 0) is 52.1 Å². The Morgan fingerprint density at radius 1 is 1.33 bits per heavy atom. The largest absolute Gasteiger partial charge is 0.496 e. The molecule has 3 rings (SSSR count). The first-order chi connectivity index (χ1) is 15.9. The Kier molecular flexibility index (Phi) is 8.74. The zero-order chi connectivity index (χ0) is 24.0. The lowest BCUT2D eigenvalue weighted by atomic mass is 9.92. The van der Waals surface area contributed by atoms with Crippen LogP contribution in [0.5, 0.6) is 5.75 Å². The minimum atomic E-state index is -0.766. The number of carbonyl (C=O) groups excluding carboxylic acids is 1. The lowest BCUT2D eigenvalue weighted by molar-refractivity contribution is -0.142. The van der Waals surface area contributed by atoms with E-state index in [1.54, 1.807) is 7.11 Å². The summed E-state index contributed by atoms with van der Waals surface area (Å²) < 4.78 is 16.4. The van der Waals surface area contributed by atoms with Crippen LogP contribution in [0.25, 0.3) is 0 Å². The quantitative estimate of drug-likeness (QED) is 0.383. The maximum absolute atomic E-state index is 12.4. The molecule has 0 radical (unpaired) electrons. The number of morpholine rings is 1. The number of hydrogen-bond acceptors (Lipinski definition) is 7. The number of ether oxygens (including phenoxy) is 3. The molecule has 2 aliphatic rings. The summed E-state index contributed by atoms with van der Waals surface area (Å²) in [5, 5.41) is 13.1. The second-order valence-corrected chi connectivity index (χ2v) is 8.71. The van der Waals surface area contributed by atoms with Crippen LogP contribution in [0.3, 0.4) is 0 Å². The topological polar surface area (TPSA) is 97.3 Å². The number of carbonyl (C=O) groups is 2. The number of nitrogens with one attached hydrogen (secondary N) is 1. The number of esters is 1. The summed E-state index contributed by atoms with van der Waals surface area (Å²) in [4.78, 5) is 26.6. The Bertz CT molecular complexity index is 905. The van der Waals surface area contributed by atoms with E-state index in [4.69, 9.17) is 14.2 Å². The minimum Gasteiger partial charge on any atom is -0.496 e. The fourth-order valence-electron chi connectivity index (χ4n) is 4.65. The number of carboxylic acid groups (broad SMARTS) is 1. The van der Waals surface area contributed by atoms with E-state index in [0.29, 0.717) is 44.6 Å². The number of allylic oxidation sites excluding steroid dienone is 2. The number of cyclic esters (lactones) is 1. The Hall–Kier alpha value is -2.58. The van der Waals surface area contributed by atoms with Crippen LogP contribution in [-0.2, 0) is 27.3 Å². The van der Waals surface area contributed by atoms with E-state index in [1.807, 2.05) is 20.8 Å². The Labute approximate surface area is 195 Å². The molecule has 1 unspecified atom stereocenters. The molecule has 2 aliphatic heterocycles. The number of hydrogen-bond donors (Lipinski definition) is 2. The van der Waals surface area contributed by atoms with Crippen molar-refractivity contribution in [3.05, 3.63) is 33.9 Å². The Morgan fingerprint density at radius 2 is 2.06 bits per heavy atom. The zero-order valence-electron chi connectivity index (χ0n) is 20.2. The van der Waals surface area contributed by atoms with Crippen LogP contribution in [0.4, 0.5) is 5.69 Å². The number of rotatable bonds is 11. The summed E-state index contributed by atoms with van der Waals surface area (Å²) in [6.45, 7) is 10.7. The van der Waals surface area contributed by atoms with Crippen molar-refractivity contribution < 1.29 is 28.9 Å². The number of carboxylic acids is 1. The highest BCUT2D eigenvalue weighted by atomic mass is 16.5. The molecule has 182 valence electrons. The zero-order valence-corrected chi connectivity index (χ0v) is 20.2. The Morgan fingerprint density at radius 3 is 2.70 bits per heavy atom. The predicted octanol–water partition coefficient (Wildman–Crippen LogP) is 3.41. The molecule has 0 aromatic heterocycles. The maximum Gasteiger partial charge on any atom is 0.341 e. The fourth-order valence-corrected chi connectivity index (χ4v) is 4.65. The second-order valence-electron chi connectivity index (χ2n) is 8.71. The van der Waals surface area contributed by atoms with E-state index in [1.165, 1.54) is 0 Å². The molecule has 2 N–H and O–H groups in total. The van der Waals surface area contributed by atoms with Crippen molar-refractivity contribution in [2.24, 2.45) is 5.92 Å². The van der Waals surface area contributed by atoms with Gasteiger partial charge in [0.2, 0.25) is 0 Å². The van der Waals surface area contributed by atoms with Gasteiger partial charge in [0, 0.05) is 30.8 Å². The molecule has 2 heterocycles. The fraction of sp³-hybridized carbons (Fsp3) is 0.600. The van der Waals surface area contributed by atoms with Gasteiger partial charge in [0.05, 0.1) is 37.5 Å². The van der Waals surface area contributed by atoms with Gasteiger partial charge in [0.1, 0.15) is 12.4 Å². The van der Waals surface area contributed by atoms with E-state index >= 15 is 0 Å². The highest BCUT2D eigenvalue weighted by molar-refractivity contribution is 6.01. The van der Waals surface area contributed by atoms with Gasteiger partial charge >= 0.3 is 11.9 Å². The van der Waals surface area contributed by atoms with Crippen LogP contribution in [0.15, 0.2) is 11.6 Å². The van der Waals surface area contributed by atoms with Crippen LogP contribution in [0.2, 0.25) is 0 Å². The third-order valence-electron chi connectivity index (χ3n) is 6.50. The molecule has 1 atom stereocenters. The lowest BCUT2D eigenvalue weighted by Crippen LogP contribution is -2.38. The van der Waals surface area contributed by atoms with Gasteiger partial charge in [0.15, 0.2) is 0 Å². The molecule has 8 heteroatoms. The third-order valence-corrected chi connectivity index (χ3v) is 6.50. The molecule has 0 bridgehead atoms. The van der Waals surface area contributed by atoms with Gasteiger partial charge in [-0.3, -0.25) is 9.69 Å². The van der Waals surface area contributed by atoms with Crippen LogP contribution < -0.4 is 10.1 Å².